The Labute approximate surface area is 176 Å². The van der Waals surface area contributed by atoms with Crippen molar-refractivity contribution in [3.05, 3.63) is 35.4 Å². The van der Waals surface area contributed by atoms with E-state index in [1.54, 1.807) is 11.0 Å². The minimum atomic E-state index is -4.51. The summed E-state index contributed by atoms with van der Waals surface area (Å²) >= 11 is 0. The summed E-state index contributed by atoms with van der Waals surface area (Å²) in [5.41, 5.74) is 4.78. The van der Waals surface area contributed by atoms with E-state index < -0.39 is 29.3 Å². The molecule has 4 atom stereocenters. The molecule has 164 valence electrons. The van der Waals surface area contributed by atoms with E-state index in [9.17, 15) is 23.1 Å². The number of carbonyl (C=O) groups is 1. The molecule has 0 bridgehead atoms. The molecule has 8 heteroatoms. The molecule has 3 rings (SSSR count). The van der Waals surface area contributed by atoms with Crippen molar-refractivity contribution in [2.75, 3.05) is 6.54 Å². The number of carbonyl (C=O) groups excluding carboxylic acids is 1. The third kappa shape index (κ3) is 4.57. The zero-order chi connectivity index (χ0) is 20.7. The predicted octanol–water partition coefficient (Wildman–Crippen LogP) is 4.31. The highest BCUT2D eigenvalue weighted by atomic mass is 35.5. The van der Waals surface area contributed by atoms with Crippen LogP contribution in [0.2, 0.25) is 0 Å². The summed E-state index contributed by atoms with van der Waals surface area (Å²) in [5, 5.41) is 10.2. The van der Waals surface area contributed by atoms with Crippen molar-refractivity contribution >= 4 is 18.3 Å². The van der Waals surface area contributed by atoms with E-state index in [4.69, 9.17) is 5.73 Å². The van der Waals surface area contributed by atoms with Crippen LogP contribution >= 0.6 is 12.4 Å². The van der Waals surface area contributed by atoms with Gasteiger partial charge in [0.05, 0.1) is 23.1 Å². The topological polar surface area (TPSA) is 66.6 Å². The van der Waals surface area contributed by atoms with Crippen molar-refractivity contribution in [1.82, 2.24) is 4.90 Å². The molecule has 0 aromatic heterocycles. The van der Waals surface area contributed by atoms with Crippen molar-refractivity contribution in [1.29, 1.82) is 0 Å². The number of aliphatic hydroxyl groups is 1. The largest absolute Gasteiger partial charge is 0.416 e. The van der Waals surface area contributed by atoms with Gasteiger partial charge in [-0.05, 0) is 49.7 Å². The fourth-order valence-corrected chi connectivity index (χ4v) is 4.90. The lowest BCUT2D eigenvalue weighted by atomic mass is 9.73. The van der Waals surface area contributed by atoms with Gasteiger partial charge in [0, 0.05) is 12.6 Å². The molecule has 2 aliphatic rings. The van der Waals surface area contributed by atoms with Crippen molar-refractivity contribution in [3.8, 4) is 0 Å². The molecule has 0 spiro atoms. The SMILES string of the molecule is CC(C)[C@]1(C(=O)N2CCC(O)CC2c2ccccc2C(F)(F)F)CC[C@@H](N)C1.Cl. The van der Waals surface area contributed by atoms with Crippen molar-refractivity contribution < 1.29 is 23.1 Å². The van der Waals surface area contributed by atoms with Gasteiger partial charge >= 0.3 is 6.18 Å². The number of hydrogen-bond acceptors (Lipinski definition) is 3. The molecule has 1 aromatic carbocycles. The number of alkyl halides is 3. The van der Waals surface area contributed by atoms with Gasteiger partial charge in [-0.25, -0.2) is 0 Å². The standard InChI is InChI=1S/C21H29F3N2O2.ClH/c1-13(2)20(9-7-14(25)12-20)19(28)26-10-8-15(27)11-18(26)16-5-3-4-6-17(16)21(22,23)24;/h3-6,13-15,18,27H,7-12,25H2,1-2H3;1H/t14-,15?,18?,20+;/m1./s1. The average molecular weight is 435 g/mol. The Hall–Kier alpha value is -1.31. The smallest absolute Gasteiger partial charge is 0.393 e. The Morgan fingerprint density at radius 3 is 2.48 bits per heavy atom. The van der Waals surface area contributed by atoms with Crippen LogP contribution in [0.3, 0.4) is 0 Å². The van der Waals surface area contributed by atoms with Crippen LogP contribution in [0, 0.1) is 11.3 Å². The van der Waals surface area contributed by atoms with Gasteiger partial charge in [-0.15, -0.1) is 12.4 Å². The first kappa shape index (κ1) is 24.0. The van der Waals surface area contributed by atoms with E-state index in [1.807, 2.05) is 13.8 Å². The molecule has 2 unspecified atom stereocenters. The highest BCUT2D eigenvalue weighted by Gasteiger charge is 2.51. The summed E-state index contributed by atoms with van der Waals surface area (Å²) in [4.78, 5) is 15.2. The van der Waals surface area contributed by atoms with Gasteiger partial charge < -0.3 is 15.7 Å². The van der Waals surface area contributed by atoms with Crippen LogP contribution in [-0.4, -0.2) is 34.6 Å². The lowest BCUT2D eigenvalue weighted by Gasteiger charge is -2.45. The maximum atomic E-state index is 13.7. The van der Waals surface area contributed by atoms with E-state index in [0.717, 1.165) is 12.5 Å². The highest BCUT2D eigenvalue weighted by molar-refractivity contribution is 5.85. The molecule has 2 fully saturated rings. The van der Waals surface area contributed by atoms with Crippen molar-refractivity contribution in [2.45, 2.75) is 70.3 Å². The molecule has 0 radical (unpaired) electrons. The molecule has 3 N–H and O–H groups in total. The van der Waals surface area contributed by atoms with Gasteiger partial charge in [-0.3, -0.25) is 4.79 Å². The second-order valence-corrected chi connectivity index (χ2v) is 8.59. The minimum absolute atomic E-state index is 0. The second kappa shape index (κ2) is 8.82. The third-order valence-electron chi connectivity index (χ3n) is 6.58. The molecule has 4 nitrogen and oxygen atoms in total. The fourth-order valence-electron chi connectivity index (χ4n) is 4.90. The monoisotopic (exact) mass is 434 g/mol. The molecule has 1 saturated heterocycles. The summed E-state index contributed by atoms with van der Waals surface area (Å²) in [7, 11) is 0. The molecule has 1 saturated carbocycles. The quantitative estimate of drug-likeness (QED) is 0.745. The van der Waals surface area contributed by atoms with Gasteiger partial charge in [0.25, 0.3) is 0 Å². The first-order valence-electron chi connectivity index (χ1n) is 9.97. The molecule has 1 heterocycles. The van der Waals surface area contributed by atoms with Crippen LogP contribution in [0.5, 0.6) is 0 Å². The number of nitrogens with two attached hydrogens (primary N) is 1. The molecule has 1 aromatic rings. The van der Waals surface area contributed by atoms with Gasteiger partial charge in [-0.2, -0.15) is 13.2 Å². The summed E-state index contributed by atoms with van der Waals surface area (Å²) in [6.07, 6.45) is -2.82. The van der Waals surface area contributed by atoms with Gasteiger partial charge in [0.1, 0.15) is 0 Å². The van der Waals surface area contributed by atoms with Crippen molar-refractivity contribution in [2.24, 2.45) is 17.1 Å². The second-order valence-electron chi connectivity index (χ2n) is 8.59. The molecule has 1 aliphatic heterocycles. The highest BCUT2D eigenvalue weighted by Crippen LogP contribution is 2.48. The Bertz CT molecular complexity index is 728. The molecule has 29 heavy (non-hydrogen) atoms. The van der Waals surface area contributed by atoms with Crippen molar-refractivity contribution in [3.63, 3.8) is 0 Å². The molecular weight excluding hydrogens is 405 g/mol. The molecule has 1 amide bonds. The Balaban J connectivity index is 0.00000300. The summed E-state index contributed by atoms with van der Waals surface area (Å²) in [6.45, 7) is 4.21. The lowest BCUT2D eigenvalue weighted by molar-refractivity contribution is -0.152. The van der Waals surface area contributed by atoms with Crippen LogP contribution in [-0.2, 0) is 11.0 Å². The number of rotatable bonds is 3. The van der Waals surface area contributed by atoms with E-state index in [2.05, 4.69) is 0 Å². The average Bonchev–Trinajstić information content (AvgIpc) is 3.03. The number of piperidine rings is 1. The third-order valence-corrected chi connectivity index (χ3v) is 6.58. The van der Waals surface area contributed by atoms with Crippen LogP contribution in [0.25, 0.3) is 0 Å². The molecular formula is C21H30ClF3N2O2. The first-order valence-corrected chi connectivity index (χ1v) is 9.97. The van der Waals surface area contributed by atoms with E-state index >= 15 is 0 Å². The predicted molar refractivity (Wildman–Crippen MR) is 107 cm³/mol. The summed E-state index contributed by atoms with van der Waals surface area (Å²) in [6, 6.07) is 4.52. The number of benzene rings is 1. The van der Waals surface area contributed by atoms with E-state index in [0.29, 0.717) is 19.3 Å². The van der Waals surface area contributed by atoms with Crippen LogP contribution in [0.1, 0.15) is 63.1 Å². The van der Waals surface area contributed by atoms with Gasteiger partial charge in [0.15, 0.2) is 0 Å². The minimum Gasteiger partial charge on any atom is -0.393 e. The Morgan fingerprint density at radius 2 is 1.93 bits per heavy atom. The number of likely N-dealkylation sites (tertiary alicyclic amines) is 1. The Morgan fingerprint density at radius 1 is 1.28 bits per heavy atom. The van der Waals surface area contributed by atoms with Crippen LogP contribution in [0.15, 0.2) is 24.3 Å². The maximum Gasteiger partial charge on any atom is 0.416 e. The van der Waals surface area contributed by atoms with E-state index in [1.165, 1.54) is 12.1 Å². The maximum absolute atomic E-state index is 13.7. The summed E-state index contributed by atoms with van der Waals surface area (Å²) in [5.74, 6) is -0.0803. The number of nitrogens with zero attached hydrogens (tertiary/aromatic N) is 1. The normalized spacial score (nSPS) is 30.3. The van der Waals surface area contributed by atoms with Crippen LogP contribution in [0.4, 0.5) is 13.2 Å². The van der Waals surface area contributed by atoms with Crippen LogP contribution < -0.4 is 5.73 Å². The Kier molecular flexibility index (Phi) is 7.29. The molecule has 1 aliphatic carbocycles. The number of hydrogen-bond donors (Lipinski definition) is 2. The number of halogens is 4. The summed E-state index contributed by atoms with van der Waals surface area (Å²) < 4.78 is 40.8. The number of amides is 1. The van der Waals surface area contributed by atoms with Gasteiger partial charge in [0.2, 0.25) is 5.91 Å². The first-order chi connectivity index (χ1) is 13.1. The zero-order valence-electron chi connectivity index (χ0n) is 16.8. The van der Waals surface area contributed by atoms with E-state index in [-0.39, 0.29) is 48.8 Å². The van der Waals surface area contributed by atoms with Gasteiger partial charge in [-0.1, -0.05) is 32.0 Å². The fraction of sp³-hybridized carbons (Fsp3) is 0.667. The zero-order valence-corrected chi connectivity index (χ0v) is 17.6. The lowest BCUT2D eigenvalue weighted by Crippen LogP contribution is -2.51. The number of aliphatic hydroxyl groups excluding tert-OH is 1.